The molecule has 1 aromatic carbocycles. The van der Waals surface area contributed by atoms with E-state index in [0.29, 0.717) is 42.0 Å². The van der Waals surface area contributed by atoms with Crippen molar-refractivity contribution in [3.05, 3.63) is 50.5 Å². The summed E-state index contributed by atoms with van der Waals surface area (Å²) in [6, 6.07) is 4.60. The lowest BCUT2D eigenvalue weighted by Crippen LogP contribution is -2.24. The maximum absolute atomic E-state index is 13.7. The van der Waals surface area contributed by atoms with Crippen LogP contribution < -0.4 is 15.0 Å². The van der Waals surface area contributed by atoms with Crippen LogP contribution in [0, 0.1) is 10.1 Å². The van der Waals surface area contributed by atoms with Gasteiger partial charge in [-0.05, 0) is 31.9 Å². The molecule has 0 saturated carbocycles. The van der Waals surface area contributed by atoms with E-state index in [9.17, 15) is 14.9 Å². The SMILES string of the molecule is CC=C(CC)Oc1c(OCCCCCCCC)c(=O)n(CCCCCC)c2cc([N+](=O)[O-])ccc12. The highest BCUT2D eigenvalue weighted by Crippen LogP contribution is 2.36. The van der Waals surface area contributed by atoms with Gasteiger partial charge in [0.05, 0.1) is 22.8 Å². The van der Waals surface area contributed by atoms with Crippen molar-refractivity contribution in [2.24, 2.45) is 0 Å². The van der Waals surface area contributed by atoms with Gasteiger partial charge in [-0.1, -0.05) is 72.1 Å². The minimum absolute atomic E-state index is 0.0485. The average molecular weight is 487 g/mol. The summed E-state index contributed by atoms with van der Waals surface area (Å²) >= 11 is 0. The first-order valence-corrected chi connectivity index (χ1v) is 13.3. The standard InChI is InChI=1S/C28H42N2O5/c1-5-9-11-13-14-16-20-34-27-26(35-23(7-3)8-4)24-18-17-22(30(32)33)21-25(24)29(28(27)31)19-15-12-10-6-2/h7,17-18,21H,5-6,8-16,19-20H2,1-4H3. The summed E-state index contributed by atoms with van der Waals surface area (Å²) in [5, 5.41) is 12.1. The largest absolute Gasteiger partial charge is 0.485 e. The molecule has 0 amide bonds. The fourth-order valence-corrected chi connectivity index (χ4v) is 4.17. The molecule has 7 heteroatoms. The highest BCUT2D eigenvalue weighted by molar-refractivity contribution is 5.89. The smallest absolute Gasteiger partial charge is 0.297 e. The first kappa shape index (κ1) is 28.4. The van der Waals surface area contributed by atoms with Crippen LogP contribution in [-0.2, 0) is 6.54 Å². The Morgan fingerprint density at radius 1 is 0.971 bits per heavy atom. The Kier molecular flexibility index (Phi) is 12.4. The summed E-state index contributed by atoms with van der Waals surface area (Å²) < 4.78 is 13.9. The zero-order valence-corrected chi connectivity index (χ0v) is 21.9. The second-order valence-corrected chi connectivity index (χ2v) is 8.96. The molecule has 7 nitrogen and oxygen atoms in total. The maximum Gasteiger partial charge on any atom is 0.297 e. The van der Waals surface area contributed by atoms with E-state index in [2.05, 4.69) is 13.8 Å². The van der Waals surface area contributed by atoms with Gasteiger partial charge in [-0.3, -0.25) is 14.9 Å². The summed E-state index contributed by atoms with van der Waals surface area (Å²) in [7, 11) is 0. The average Bonchev–Trinajstić information content (AvgIpc) is 2.86. The fourth-order valence-electron chi connectivity index (χ4n) is 4.17. The van der Waals surface area contributed by atoms with Gasteiger partial charge in [0.25, 0.3) is 11.2 Å². The summed E-state index contributed by atoms with van der Waals surface area (Å²) in [5.74, 6) is 1.27. The molecule has 0 fully saturated rings. The molecule has 0 saturated heterocycles. The van der Waals surface area contributed by atoms with Crippen LogP contribution in [0.15, 0.2) is 34.8 Å². The topological polar surface area (TPSA) is 83.6 Å². The molecule has 1 aromatic heterocycles. The van der Waals surface area contributed by atoms with Crippen molar-refractivity contribution in [3.8, 4) is 11.5 Å². The molecule has 0 aliphatic carbocycles. The molecule has 194 valence electrons. The number of rotatable bonds is 17. The van der Waals surface area contributed by atoms with Crippen LogP contribution in [-0.4, -0.2) is 16.1 Å². The van der Waals surface area contributed by atoms with Gasteiger partial charge in [-0.2, -0.15) is 0 Å². The van der Waals surface area contributed by atoms with E-state index < -0.39 is 4.92 Å². The van der Waals surface area contributed by atoms with Gasteiger partial charge >= 0.3 is 0 Å². The molecule has 35 heavy (non-hydrogen) atoms. The predicted molar refractivity (Wildman–Crippen MR) is 143 cm³/mol. The van der Waals surface area contributed by atoms with Crippen LogP contribution in [0.4, 0.5) is 5.69 Å². The van der Waals surface area contributed by atoms with E-state index >= 15 is 0 Å². The number of nitro groups is 1. The second-order valence-electron chi connectivity index (χ2n) is 8.96. The number of allylic oxidation sites excluding steroid dienone is 2. The highest BCUT2D eigenvalue weighted by Gasteiger charge is 2.22. The summed E-state index contributed by atoms with van der Waals surface area (Å²) in [4.78, 5) is 24.7. The quantitative estimate of drug-likeness (QED) is 0.0981. The molecule has 0 aliphatic rings. The number of unbranched alkanes of at least 4 members (excludes halogenated alkanes) is 8. The molecule has 0 aliphatic heterocycles. The Morgan fingerprint density at radius 2 is 1.63 bits per heavy atom. The molecular formula is C28H42N2O5. The molecule has 2 rings (SSSR count). The van der Waals surface area contributed by atoms with Crippen molar-refractivity contribution >= 4 is 16.6 Å². The fraction of sp³-hybridized carbons (Fsp3) is 0.607. The minimum Gasteiger partial charge on any atom is -0.485 e. The summed E-state index contributed by atoms with van der Waals surface area (Å²) in [6.45, 7) is 9.11. The first-order valence-electron chi connectivity index (χ1n) is 13.3. The number of aromatic nitrogens is 1. The van der Waals surface area contributed by atoms with Crippen LogP contribution in [0.2, 0.25) is 0 Å². The van der Waals surface area contributed by atoms with Crippen LogP contribution >= 0.6 is 0 Å². The number of non-ortho nitro benzene ring substituents is 1. The van der Waals surface area contributed by atoms with E-state index in [-0.39, 0.29) is 17.0 Å². The summed E-state index contributed by atoms with van der Waals surface area (Å²) in [5.41, 5.74) is 0.170. The predicted octanol–water partition coefficient (Wildman–Crippen LogP) is 7.92. The monoisotopic (exact) mass is 486 g/mol. The minimum atomic E-state index is -0.432. The van der Waals surface area contributed by atoms with Crippen molar-refractivity contribution in [3.63, 3.8) is 0 Å². The Labute approximate surface area is 209 Å². The van der Waals surface area contributed by atoms with Crippen LogP contribution in [0.3, 0.4) is 0 Å². The molecule has 0 atom stereocenters. The number of aryl methyl sites for hydroxylation is 1. The van der Waals surface area contributed by atoms with E-state index in [1.54, 1.807) is 10.6 Å². The van der Waals surface area contributed by atoms with Gasteiger partial charge < -0.3 is 14.0 Å². The van der Waals surface area contributed by atoms with Gasteiger partial charge in [0.15, 0.2) is 5.75 Å². The van der Waals surface area contributed by atoms with E-state index in [1.165, 1.54) is 31.4 Å². The van der Waals surface area contributed by atoms with Crippen LogP contribution in [0.1, 0.15) is 98.3 Å². The van der Waals surface area contributed by atoms with Gasteiger partial charge in [0, 0.05) is 30.5 Å². The number of fused-ring (bicyclic) bond motifs is 1. The number of hydrogen-bond acceptors (Lipinski definition) is 5. The van der Waals surface area contributed by atoms with Gasteiger partial charge in [0.1, 0.15) is 0 Å². The third-order valence-electron chi connectivity index (χ3n) is 6.26. The molecule has 1 heterocycles. The van der Waals surface area contributed by atoms with Crippen LogP contribution in [0.5, 0.6) is 11.5 Å². The molecule has 0 spiro atoms. The highest BCUT2D eigenvalue weighted by atomic mass is 16.6. The number of ether oxygens (including phenoxy) is 2. The number of nitrogens with zero attached hydrogens (tertiary/aromatic N) is 2. The molecule has 0 radical (unpaired) electrons. The van der Waals surface area contributed by atoms with Crippen molar-refractivity contribution < 1.29 is 14.4 Å². The zero-order chi connectivity index (χ0) is 25.6. The van der Waals surface area contributed by atoms with Gasteiger partial charge in [0.2, 0.25) is 5.75 Å². The molecule has 2 aromatic rings. The lowest BCUT2D eigenvalue weighted by atomic mass is 10.1. The Morgan fingerprint density at radius 3 is 2.26 bits per heavy atom. The van der Waals surface area contributed by atoms with Crippen molar-refractivity contribution in [1.29, 1.82) is 0 Å². The van der Waals surface area contributed by atoms with E-state index in [1.807, 2.05) is 19.9 Å². The van der Waals surface area contributed by atoms with Gasteiger partial charge in [-0.15, -0.1) is 0 Å². The summed E-state index contributed by atoms with van der Waals surface area (Å²) in [6.07, 6.45) is 13.2. The Hall–Kier alpha value is -2.83. The normalized spacial score (nSPS) is 11.7. The molecular weight excluding hydrogens is 444 g/mol. The molecule has 0 bridgehead atoms. The van der Waals surface area contributed by atoms with Crippen molar-refractivity contribution in [1.82, 2.24) is 4.57 Å². The third-order valence-corrected chi connectivity index (χ3v) is 6.26. The number of pyridine rings is 1. The first-order chi connectivity index (χ1) is 17.0. The number of hydrogen-bond donors (Lipinski definition) is 0. The zero-order valence-electron chi connectivity index (χ0n) is 21.9. The van der Waals surface area contributed by atoms with Crippen molar-refractivity contribution in [2.75, 3.05) is 6.61 Å². The lowest BCUT2D eigenvalue weighted by molar-refractivity contribution is -0.384. The number of benzene rings is 1. The lowest BCUT2D eigenvalue weighted by Gasteiger charge is -2.19. The number of nitro benzene ring substituents is 1. The van der Waals surface area contributed by atoms with E-state index in [4.69, 9.17) is 9.47 Å². The van der Waals surface area contributed by atoms with Crippen LogP contribution in [0.25, 0.3) is 10.9 Å². The second kappa shape index (κ2) is 15.2. The molecule has 0 N–H and O–H groups in total. The third kappa shape index (κ3) is 8.11. The Bertz CT molecular complexity index is 1040. The molecule has 0 unspecified atom stereocenters. The van der Waals surface area contributed by atoms with Gasteiger partial charge in [-0.25, -0.2) is 0 Å². The Balaban J connectivity index is 2.51. The van der Waals surface area contributed by atoms with E-state index in [0.717, 1.165) is 44.9 Å². The maximum atomic E-state index is 13.7. The van der Waals surface area contributed by atoms with Crippen molar-refractivity contribution in [2.45, 2.75) is 105 Å².